The summed E-state index contributed by atoms with van der Waals surface area (Å²) in [5.74, 6) is 0. The maximum atomic E-state index is 5.90. The fourth-order valence-electron chi connectivity index (χ4n) is 2.03. The molecule has 0 aliphatic rings. The summed E-state index contributed by atoms with van der Waals surface area (Å²) in [6.45, 7) is 1.59. The van der Waals surface area contributed by atoms with Gasteiger partial charge in [-0.25, -0.2) is 0 Å². The molecule has 3 heteroatoms. The van der Waals surface area contributed by atoms with E-state index in [1.165, 1.54) is 11.1 Å². The van der Waals surface area contributed by atoms with E-state index in [2.05, 4.69) is 53.0 Å². The third kappa shape index (κ3) is 3.16. The minimum Gasteiger partial charge on any atom is -0.329 e. The lowest BCUT2D eigenvalue weighted by Gasteiger charge is -2.27. The van der Waals surface area contributed by atoms with Gasteiger partial charge in [0.1, 0.15) is 0 Å². The molecule has 0 saturated carbocycles. The molecule has 2 nitrogen and oxygen atoms in total. The Bertz CT molecular complexity index is 425. The summed E-state index contributed by atoms with van der Waals surface area (Å²) in [6.07, 6.45) is 0. The van der Waals surface area contributed by atoms with Crippen LogP contribution in [0.4, 0.5) is 0 Å². The molecule has 0 bridgehead atoms. The van der Waals surface area contributed by atoms with Crippen LogP contribution < -0.4 is 5.73 Å². The molecule has 1 atom stereocenters. The standard InChI is InChI=1S/C14H18N2S/c1-16(10-12-7-8-17-11-12)14(9-15)13-5-3-2-4-6-13/h2-8,11,14H,9-10,15H2,1H3. The number of hydrogen-bond donors (Lipinski definition) is 1. The average Bonchev–Trinajstić information content (AvgIpc) is 2.84. The largest absolute Gasteiger partial charge is 0.329 e. The van der Waals surface area contributed by atoms with Crippen LogP contribution in [-0.4, -0.2) is 18.5 Å². The first-order chi connectivity index (χ1) is 8.31. The summed E-state index contributed by atoms with van der Waals surface area (Å²) < 4.78 is 0. The number of nitrogens with two attached hydrogens (primary N) is 1. The van der Waals surface area contributed by atoms with Crippen molar-refractivity contribution in [2.24, 2.45) is 5.73 Å². The van der Waals surface area contributed by atoms with Crippen molar-refractivity contribution in [1.82, 2.24) is 4.90 Å². The summed E-state index contributed by atoms with van der Waals surface area (Å²) in [5.41, 5.74) is 8.53. The number of rotatable bonds is 5. The minimum absolute atomic E-state index is 0.288. The Kier molecular flexibility index (Phi) is 4.31. The second-order valence-corrected chi connectivity index (χ2v) is 4.99. The van der Waals surface area contributed by atoms with E-state index in [0.29, 0.717) is 6.54 Å². The fraction of sp³-hybridized carbons (Fsp3) is 0.286. The monoisotopic (exact) mass is 246 g/mol. The number of hydrogen-bond acceptors (Lipinski definition) is 3. The molecule has 2 aromatic rings. The van der Waals surface area contributed by atoms with Crippen molar-refractivity contribution in [3.8, 4) is 0 Å². The van der Waals surface area contributed by atoms with Gasteiger partial charge in [0, 0.05) is 19.1 Å². The Hall–Kier alpha value is -1.16. The lowest BCUT2D eigenvalue weighted by Crippen LogP contribution is -2.30. The molecule has 1 aromatic heterocycles. The Labute approximate surface area is 107 Å². The fourth-order valence-corrected chi connectivity index (χ4v) is 2.69. The summed E-state index contributed by atoms with van der Waals surface area (Å²) in [7, 11) is 2.13. The lowest BCUT2D eigenvalue weighted by atomic mass is 10.1. The molecule has 0 amide bonds. The lowest BCUT2D eigenvalue weighted by molar-refractivity contribution is 0.242. The highest BCUT2D eigenvalue weighted by Crippen LogP contribution is 2.20. The van der Waals surface area contributed by atoms with Crippen LogP contribution in [0, 0.1) is 0 Å². The molecule has 0 radical (unpaired) electrons. The van der Waals surface area contributed by atoms with E-state index < -0.39 is 0 Å². The molecule has 0 saturated heterocycles. The predicted molar refractivity (Wildman–Crippen MR) is 74.0 cm³/mol. The zero-order valence-corrected chi connectivity index (χ0v) is 10.9. The van der Waals surface area contributed by atoms with Crippen molar-refractivity contribution < 1.29 is 0 Å². The zero-order chi connectivity index (χ0) is 12.1. The predicted octanol–water partition coefficient (Wildman–Crippen LogP) is 2.88. The molecule has 90 valence electrons. The quantitative estimate of drug-likeness (QED) is 0.879. The van der Waals surface area contributed by atoms with Gasteiger partial charge in [-0.3, -0.25) is 4.90 Å². The van der Waals surface area contributed by atoms with Crippen molar-refractivity contribution >= 4 is 11.3 Å². The molecule has 2 rings (SSSR count). The molecule has 17 heavy (non-hydrogen) atoms. The molecule has 0 aliphatic carbocycles. The highest BCUT2D eigenvalue weighted by atomic mass is 32.1. The van der Waals surface area contributed by atoms with Gasteiger partial charge in [-0.1, -0.05) is 30.3 Å². The van der Waals surface area contributed by atoms with Crippen LogP contribution in [0.25, 0.3) is 0 Å². The van der Waals surface area contributed by atoms with Crippen LogP contribution in [-0.2, 0) is 6.54 Å². The van der Waals surface area contributed by atoms with Crippen molar-refractivity contribution in [3.05, 3.63) is 58.3 Å². The van der Waals surface area contributed by atoms with Crippen LogP contribution in [0.15, 0.2) is 47.2 Å². The molecule has 1 heterocycles. The van der Waals surface area contributed by atoms with Crippen molar-refractivity contribution in [1.29, 1.82) is 0 Å². The third-order valence-electron chi connectivity index (χ3n) is 2.95. The highest BCUT2D eigenvalue weighted by Gasteiger charge is 2.15. The van der Waals surface area contributed by atoms with Crippen molar-refractivity contribution in [2.45, 2.75) is 12.6 Å². The Morgan fingerprint density at radius 3 is 2.59 bits per heavy atom. The molecule has 1 unspecified atom stereocenters. The molecule has 0 fully saturated rings. The second kappa shape index (κ2) is 5.96. The maximum Gasteiger partial charge on any atom is 0.0470 e. The van der Waals surface area contributed by atoms with E-state index in [4.69, 9.17) is 5.73 Å². The molecule has 2 N–H and O–H groups in total. The average molecular weight is 246 g/mol. The Morgan fingerprint density at radius 1 is 1.24 bits per heavy atom. The summed E-state index contributed by atoms with van der Waals surface area (Å²) in [5, 5.41) is 4.30. The molecular formula is C14H18N2S. The van der Waals surface area contributed by atoms with E-state index >= 15 is 0 Å². The number of likely N-dealkylation sites (N-methyl/N-ethyl adjacent to an activating group) is 1. The number of nitrogens with zero attached hydrogens (tertiary/aromatic N) is 1. The normalized spacial score (nSPS) is 12.9. The van der Waals surface area contributed by atoms with Crippen molar-refractivity contribution in [2.75, 3.05) is 13.6 Å². The van der Waals surface area contributed by atoms with E-state index in [1.807, 2.05) is 6.07 Å². The van der Waals surface area contributed by atoms with E-state index in [-0.39, 0.29) is 6.04 Å². The number of thiophene rings is 1. The first-order valence-corrected chi connectivity index (χ1v) is 6.72. The van der Waals surface area contributed by atoms with Crippen LogP contribution in [0.5, 0.6) is 0 Å². The number of benzene rings is 1. The summed E-state index contributed by atoms with van der Waals surface area (Å²) in [4.78, 5) is 2.30. The van der Waals surface area contributed by atoms with Gasteiger partial charge in [-0.2, -0.15) is 11.3 Å². The SMILES string of the molecule is CN(Cc1ccsc1)C(CN)c1ccccc1. The van der Waals surface area contributed by atoms with Gasteiger partial charge in [0.2, 0.25) is 0 Å². The van der Waals surface area contributed by atoms with E-state index in [1.54, 1.807) is 11.3 Å². The Morgan fingerprint density at radius 2 is 2.00 bits per heavy atom. The van der Waals surface area contributed by atoms with Crippen LogP contribution in [0.1, 0.15) is 17.2 Å². The van der Waals surface area contributed by atoms with Crippen LogP contribution in [0.3, 0.4) is 0 Å². The first-order valence-electron chi connectivity index (χ1n) is 5.77. The second-order valence-electron chi connectivity index (χ2n) is 4.21. The Balaban J connectivity index is 2.08. The van der Waals surface area contributed by atoms with Gasteiger partial charge in [-0.15, -0.1) is 0 Å². The third-order valence-corrected chi connectivity index (χ3v) is 3.68. The van der Waals surface area contributed by atoms with E-state index in [0.717, 1.165) is 6.54 Å². The molecular weight excluding hydrogens is 228 g/mol. The van der Waals surface area contributed by atoms with Gasteiger partial charge in [0.05, 0.1) is 0 Å². The minimum atomic E-state index is 0.288. The smallest absolute Gasteiger partial charge is 0.0470 e. The molecule has 1 aromatic carbocycles. The van der Waals surface area contributed by atoms with Crippen LogP contribution in [0.2, 0.25) is 0 Å². The van der Waals surface area contributed by atoms with Crippen LogP contribution >= 0.6 is 11.3 Å². The van der Waals surface area contributed by atoms with Gasteiger partial charge in [-0.05, 0) is 35.0 Å². The maximum absolute atomic E-state index is 5.90. The topological polar surface area (TPSA) is 29.3 Å². The van der Waals surface area contributed by atoms with Crippen molar-refractivity contribution in [3.63, 3.8) is 0 Å². The van der Waals surface area contributed by atoms with E-state index in [9.17, 15) is 0 Å². The summed E-state index contributed by atoms with van der Waals surface area (Å²) in [6, 6.07) is 12.9. The zero-order valence-electron chi connectivity index (χ0n) is 10.0. The summed E-state index contributed by atoms with van der Waals surface area (Å²) >= 11 is 1.74. The van der Waals surface area contributed by atoms with Gasteiger partial charge in [0.15, 0.2) is 0 Å². The van der Waals surface area contributed by atoms with Gasteiger partial charge >= 0.3 is 0 Å². The van der Waals surface area contributed by atoms with Gasteiger partial charge < -0.3 is 5.73 Å². The van der Waals surface area contributed by atoms with Gasteiger partial charge in [0.25, 0.3) is 0 Å². The molecule has 0 aliphatic heterocycles. The molecule has 0 spiro atoms. The first kappa shape index (κ1) is 12.3. The highest BCUT2D eigenvalue weighted by molar-refractivity contribution is 7.07.